The zero-order chi connectivity index (χ0) is 21.8. The molecule has 3 aromatic rings. The van der Waals surface area contributed by atoms with Crippen molar-refractivity contribution < 1.29 is 4.79 Å². The fourth-order valence-corrected chi connectivity index (χ4v) is 5.28. The Morgan fingerprint density at radius 1 is 1.25 bits per heavy atom. The predicted molar refractivity (Wildman–Crippen MR) is 118 cm³/mol. The van der Waals surface area contributed by atoms with Gasteiger partial charge in [0, 0.05) is 38.6 Å². The smallest absolute Gasteiger partial charge is 0.272 e. The number of aromatic nitrogens is 4. The Bertz CT molecular complexity index is 1240. The van der Waals surface area contributed by atoms with Crippen LogP contribution >= 0.6 is 0 Å². The summed E-state index contributed by atoms with van der Waals surface area (Å²) in [5, 5.41) is 12.7. The fraction of sp³-hybridized carbons (Fsp3) is 0.417. The Hall–Kier alpha value is -3.60. The number of carbonyl (C=O) groups excluding carboxylic acids is 1. The maximum Gasteiger partial charge on any atom is 0.272 e. The van der Waals surface area contributed by atoms with Gasteiger partial charge in [-0.3, -0.25) is 4.79 Å². The number of rotatable bonds is 5. The van der Waals surface area contributed by atoms with Crippen LogP contribution < -0.4 is 10.2 Å². The number of nitrogens with one attached hydrogen (secondary N) is 1. The molecule has 0 radical (unpaired) electrons. The first kappa shape index (κ1) is 19.1. The second-order valence-corrected chi connectivity index (χ2v) is 9.31. The first-order chi connectivity index (χ1) is 15.6. The minimum absolute atomic E-state index is 0.0637. The molecule has 2 aliphatic carbocycles. The molecule has 1 saturated heterocycles. The van der Waals surface area contributed by atoms with Gasteiger partial charge in [0.25, 0.3) is 5.91 Å². The van der Waals surface area contributed by atoms with Crippen molar-refractivity contribution in [1.82, 2.24) is 24.4 Å². The van der Waals surface area contributed by atoms with Crippen LogP contribution in [0.25, 0.3) is 0 Å². The van der Waals surface area contributed by atoms with E-state index < -0.39 is 0 Å². The van der Waals surface area contributed by atoms with Crippen LogP contribution in [-0.4, -0.2) is 38.1 Å². The van der Waals surface area contributed by atoms with Crippen LogP contribution in [0.4, 0.5) is 5.69 Å². The first-order valence-corrected chi connectivity index (χ1v) is 11.2. The SMILES string of the molecule is Cn1cnc2c1CC[C@H]2NC(=O)c1cn(Cc2ccc(N3CC4CC4C3)c(C#N)c2)cn1. The zero-order valence-corrected chi connectivity index (χ0v) is 18.0. The summed E-state index contributed by atoms with van der Waals surface area (Å²) in [6, 6.07) is 8.39. The van der Waals surface area contributed by atoms with Crippen molar-refractivity contribution in [3.63, 3.8) is 0 Å². The van der Waals surface area contributed by atoms with E-state index in [4.69, 9.17) is 0 Å². The van der Waals surface area contributed by atoms with E-state index in [0.717, 1.165) is 54.7 Å². The summed E-state index contributed by atoms with van der Waals surface area (Å²) in [7, 11) is 1.98. The lowest BCUT2D eigenvalue weighted by Crippen LogP contribution is -2.27. The molecule has 0 spiro atoms. The molecular weight excluding hydrogens is 402 g/mol. The summed E-state index contributed by atoms with van der Waals surface area (Å²) >= 11 is 0. The fourth-order valence-electron chi connectivity index (χ4n) is 5.28. The van der Waals surface area contributed by atoms with Crippen LogP contribution in [0.15, 0.2) is 37.1 Å². The average Bonchev–Trinajstić information content (AvgIpc) is 3.26. The summed E-state index contributed by atoms with van der Waals surface area (Å²) in [5.41, 5.74) is 5.31. The van der Waals surface area contributed by atoms with E-state index in [2.05, 4.69) is 38.4 Å². The molecule has 1 aromatic carbocycles. The summed E-state index contributed by atoms with van der Waals surface area (Å²) < 4.78 is 3.90. The van der Waals surface area contributed by atoms with Crippen LogP contribution in [0.1, 0.15) is 51.9 Å². The molecule has 1 saturated carbocycles. The predicted octanol–water partition coefficient (Wildman–Crippen LogP) is 2.41. The Morgan fingerprint density at radius 2 is 2.09 bits per heavy atom. The molecule has 162 valence electrons. The largest absolute Gasteiger partial charge is 0.370 e. The van der Waals surface area contributed by atoms with E-state index in [1.807, 2.05) is 22.2 Å². The van der Waals surface area contributed by atoms with Gasteiger partial charge < -0.3 is 19.4 Å². The first-order valence-electron chi connectivity index (χ1n) is 11.2. The van der Waals surface area contributed by atoms with Gasteiger partial charge in [-0.15, -0.1) is 0 Å². The van der Waals surface area contributed by atoms with Gasteiger partial charge in [-0.05, 0) is 48.8 Å². The molecule has 1 amide bonds. The van der Waals surface area contributed by atoms with E-state index in [1.54, 1.807) is 18.9 Å². The van der Waals surface area contributed by atoms with Gasteiger partial charge in [0.1, 0.15) is 11.8 Å². The third-order valence-corrected chi connectivity index (χ3v) is 7.13. The molecule has 2 unspecified atom stereocenters. The number of fused-ring (bicyclic) bond motifs is 2. The number of nitriles is 1. The van der Waals surface area contributed by atoms with Crippen molar-refractivity contribution in [1.29, 1.82) is 5.26 Å². The van der Waals surface area contributed by atoms with E-state index in [9.17, 15) is 10.1 Å². The zero-order valence-electron chi connectivity index (χ0n) is 18.0. The van der Waals surface area contributed by atoms with Gasteiger partial charge in [0.05, 0.1) is 35.6 Å². The number of amides is 1. The molecule has 3 heterocycles. The number of aryl methyl sites for hydroxylation is 1. The highest BCUT2D eigenvalue weighted by atomic mass is 16.2. The molecule has 1 N–H and O–H groups in total. The second kappa shape index (κ2) is 7.23. The highest BCUT2D eigenvalue weighted by Crippen LogP contribution is 2.46. The van der Waals surface area contributed by atoms with Crippen LogP contribution in [0.5, 0.6) is 0 Å². The van der Waals surface area contributed by atoms with Crippen molar-refractivity contribution in [2.45, 2.75) is 31.8 Å². The number of hydrogen-bond donors (Lipinski definition) is 1. The molecule has 2 aromatic heterocycles. The maximum atomic E-state index is 12.7. The van der Waals surface area contributed by atoms with Gasteiger partial charge in [-0.25, -0.2) is 9.97 Å². The molecule has 8 nitrogen and oxygen atoms in total. The van der Waals surface area contributed by atoms with Crippen LogP contribution in [0, 0.1) is 23.2 Å². The van der Waals surface area contributed by atoms with Crippen LogP contribution in [-0.2, 0) is 20.0 Å². The molecule has 3 aliphatic rings. The number of benzene rings is 1. The van der Waals surface area contributed by atoms with Crippen molar-refractivity contribution in [3.8, 4) is 6.07 Å². The molecule has 6 rings (SSSR count). The molecule has 1 aliphatic heterocycles. The molecule has 32 heavy (non-hydrogen) atoms. The second-order valence-electron chi connectivity index (χ2n) is 9.31. The number of nitrogens with zero attached hydrogens (tertiary/aromatic N) is 6. The van der Waals surface area contributed by atoms with Gasteiger partial charge in [0.15, 0.2) is 0 Å². The highest BCUT2D eigenvalue weighted by molar-refractivity contribution is 5.92. The molecule has 2 fully saturated rings. The average molecular weight is 428 g/mol. The Labute approximate surface area is 186 Å². The van der Waals surface area contributed by atoms with Crippen molar-refractivity contribution in [2.24, 2.45) is 18.9 Å². The van der Waals surface area contributed by atoms with Gasteiger partial charge >= 0.3 is 0 Å². The standard InChI is InChI=1S/C24H25N7O/c1-29-13-27-23-19(3-5-22(23)29)28-24(32)20-12-30(14-26-20)9-15-2-4-21(16(6-15)8-25)31-10-17-7-18(17)11-31/h2,4,6,12-14,17-19H,3,5,7,9-11H2,1H3,(H,28,32)/t17?,18?,19-/m1/s1. The van der Waals surface area contributed by atoms with Crippen molar-refractivity contribution in [2.75, 3.05) is 18.0 Å². The number of carbonyl (C=O) groups is 1. The lowest BCUT2D eigenvalue weighted by molar-refractivity contribution is 0.0931. The maximum absolute atomic E-state index is 12.7. The van der Waals surface area contributed by atoms with E-state index in [0.29, 0.717) is 17.8 Å². The number of piperidine rings is 1. The van der Waals surface area contributed by atoms with E-state index in [-0.39, 0.29) is 11.9 Å². The van der Waals surface area contributed by atoms with Crippen LogP contribution in [0.3, 0.4) is 0 Å². The lowest BCUT2D eigenvalue weighted by atomic mass is 10.1. The van der Waals surface area contributed by atoms with Crippen LogP contribution in [0.2, 0.25) is 0 Å². The minimum Gasteiger partial charge on any atom is -0.370 e. The van der Waals surface area contributed by atoms with Gasteiger partial charge in [-0.1, -0.05) is 6.07 Å². The summed E-state index contributed by atoms with van der Waals surface area (Å²) in [6.45, 7) is 2.70. The Balaban J connectivity index is 1.13. The number of imidazole rings is 2. The van der Waals surface area contributed by atoms with Gasteiger partial charge in [-0.2, -0.15) is 5.26 Å². The molecule has 3 atom stereocenters. The van der Waals surface area contributed by atoms with Crippen molar-refractivity contribution >= 4 is 11.6 Å². The summed E-state index contributed by atoms with van der Waals surface area (Å²) in [5.74, 6) is 1.46. The summed E-state index contributed by atoms with van der Waals surface area (Å²) in [6.07, 6.45) is 8.35. The lowest BCUT2D eigenvalue weighted by Gasteiger charge is -2.22. The molecular formula is C24H25N7O. The van der Waals surface area contributed by atoms with Crippen molar-refractivity contribution in [3.05, 3.63) is 65.3 Å². The number of hydrogen-bond acceptors (Lipinski definition) is 5. The minimum atomic E-state index is -0.187. The number of anilines is 1. The van der Waals surface area contributed by atoms with Gasteiger partial charge in [0.2, 0.25) is 0 Å². The normalized spacial score (nSPS) is 23.0. The monoisotopic (exact) mass is 427 g/mol. The Kier molecular flexibility index (Phi) is 4.32. The third-order valence-electron chi connectivity index (χ3n) is 7.13. The molecule has 8 heteroatoms. The third kappa shape index (κ3) is 3.25. The van der Waals surface area contributed by atoms with E-state index in [1.165, 1.54) is 12.1 Å². The quantitative estimate of drug-likeness (QED) is 0.675. The molecule has 0 bridgehead atoms. The summed E-state index contributed by atoms with van der Waals surface area (Å²) in [4.78, 5) is 23.8. The topological polar surface area (TPSA) is 91.8 Å². The highest BCUT2D eigenvalue weighted by Gasteiger charge is 2.45. The Morgan fingerprint density at radius 3 is 2.91 bits per heavy atom. The van der Waals surface area contributed by atoms with E-state index >= 15 is 0 Å².